The third-order valence-corrected chi connectivity index (χ3v) is 4.27. The number of halogens is 3. The molecule has 1 aromatic carbocycles. The maximum absolute atomic E-state index is 12.9. The molecule has 0 amide bonds. The molecular weight excluding hydrogens is 505 g/mol. The summed E-state index contributed by atoms with van der Waals surface area (Å²) in [7, 11) is 0. The van der Waals surface area contributed by atoms with Crippen molar-refractivity contribution in [3.8, 4) is 5.75 Å². The molecule has 0 aliphatic carbocycles. The lowest BCUT2D eigenvalue weighted by Crippen LogP contribution is -2.48. The normalized spacial score (nSPS) is 15.8. The fourth-order valence-corrected chi connectivity index (χ4v) is 2.86. The van der Waals surface area contributed by atoms with Gasteiger partial charge in [-0.05, 0) is 32.0 Å². The van der Waals surface area contributed by atoms with E-state index in [0.717, 1.165) is 25.7 Å². The van der Waals surface area contributed by atoms with Crippen LogP contribution in [0, 0.1) is 0 Å². The van der Waals surface area contributed by atoms with Gasteiger partial charge in [-0.3, -0.25) is 4.90 Å². The Bertz CT molecular complexity index is 913. The fourth-order valence-electron chi connectivity index (χ4n) is 2.86. The molecular formula is C23H29F3N2O9. The second-order valence-electron chi connectivity index (χ2n) is 7.36. The van der Waals surface area contributed by atoms with Gasteiger partial charge in [-0.25, -0.2) is 19.2 Å². The Balaban J connectivity index is 0.000000669. The topological polar surface area (TPSA) is 174 Å². The maximum Gasteiger partial charge on any atom is 0.416 e. The summed E-state index contributed by atoms with van der Waals surface area (Å²) in [5, 5.41) is 34.6. The number of ether oxygens (including phenoxy) is 1. The van der Waals surface area contributed by atoms with Crippen LogP contribution < -0.4 is 10.1 Å². The molecule has 1 atom stereocenters. The van der Waals surface area contributed by atoms with E-state index in [4.69, 9.17) is 25.2 Å². The SMILES string of the molecule is CCOc1ccc(C(F)(F)F)cc1CN1CCN[C@@H](C)C1.O=C(O)/C=C/C(=O)O.O=C(O)/C=C/C(=O)O. The van der Waals surface area contributed by atoms with Crippen molar-refractivity contribution in [2.75, 3.05) is 26.2 Å². The fraction of sp³-hybridized carbons (Fsp3) is 0.391. The van der Waals surface area contributed by atoms with Crippen LogP contribution in [-0.4, -0.2) is 81.5 Å². The summed E-state index contributed by atoms with van der Waals surface area (Å²) in [5.74, 6) is -4.49. The van der Waals surface area contributed by atoms with Crippen LogP contribution >= 0.6 is 0 Å². The quantitative estimate of drug-likeness (QED) is 0.310. The van der Waals surface area contributed by atoms with E-state index in [9.17, 15) is 32.3 Å². The summed E-state index contributed by atoms with van der Waals surface area (Å²) in [5.41, 5.74) is -0.0232. The van der Waals surface area contributed by atoms with Gasteiger partial charge in [-0.1, -0.05) is 0 Å². The first-order valence-electron chi connectivity index (χ1n) is 10.7. The predicted octanol–water partition coefficient (Wildman–Crippen LogP) is 2.32. The van der Waals surface area contributed by atoms with Crippen molar-refractivity contribution in [1.82, 2.24) is 10.2 Å². The van der Waals surface area contributed by atoms with Gasteiger partial charge in [0.05, 0.1) is 12.2 Å². The predicted molar refractivity (Wildman–Crippen MR) is 124 cm³/mol. The van der Waals surface area contributed by atoms with E-state index >= 15 is 0 Å². The van der Waals surface area contributed by atoms with E-state index in [0.29, 0.717) is 54.8 Å². The summed E-state index contributed by atoms with van der Waals surface area (Å²) in [6.07, 6.45) is -2.09. The highest BCUT2D eigenvalue weighted by atomic mass is 19.4. The summed E-state index contributed by atoms with van der Waals surface area (Å²) in [4.78, 5) is 40.4. The van der Waals surface area contributed by atoms with Crippen LogP contribution in [0.4, 0.5) is 13.2 Å². The Morgan fingerprint density at radius 2 is 1.49 bits per heavy atom. The molecule has 0 spiro atoms. The number of benzene rings is 1. The molecule has 1 aromatic rings. The van der Waals surface area contributed by atoms with Gasteiger partial charge in [0.25, 0.3) is 0 Å². The summed E-state index contributed by atoms with van der Waals surface area (Å²) < 4.78 is 44.0. The van der Waals surface area contributed by atoms with Crippen LogP contribution in [0.2, 0.25) is 0 Å². The Labute approximate surface area is 210 Å². The molecule has 11 nitrogen and oxygen atoms in total. The molecule has 0 radical (unpaired) electrons. The van der Waals surface area contributed by atoms with Crippen LogP contribution in [-0.2, 0) is 31.9 Å². The van der Waals surface area contributed by atoms with E-state index < -0.39 is 35.6 Å². The number of hydrogen-bond acceptors (Lipinski definition) is 7. The second-order valence-corrected chi connectivity index (χ2v) is 7.36. The lowest BCUT2D eigenvalue weighted by Gasteiger charge is -2.32. The average molecular weight is 534 g/mol. The lowest BCUT2D eigenvalue weighted by molar-refractivity contribution is -0.138. The van der Waals surface area contributed by atoms with Gasteiger partial charge in [-0.2, -0.15) is 13.2 Å². The Morgan fingerprint density at radius 1 is 1.00 bits per heavy atom. The van der Waals surface area contributed by atoms with Crippen LogP contribution in [0.3, 0.4) is 0 Å². The number of alkyl halides is 3. The van der Waals surface area contributed by atoms with Crippen LogP contribution in [0.15, 0.2) is 42.5 Å². The second kappa shape index (κ2) is 16.7. The highest BCUT2D eigenvalue weighted by Crippen LogP contribution is 2.33. The van der Waals surface area contributed by atoms with Crippen LogP contribution in [0.25, 0.3) is 0 Å². The zero-order valence-electron chi connectivity index (χ0n) is 20.1. The number of carbonyl (C=O) groups is 4. The van der Waals surface area contributed by atoms with Crippen molar-refractivity contribution in [2.45, 2.75) is 32.6 Å². The first-order chi connectivity index (χ1) is 17.1. The molecule has 0 bridgehead atoms. The minimum atomic E-state index is -4.32. The number of nitrogens with zero attached hydrogens (tertiary/aromatic N) is 1. The summed E-state index contributed by atoms with van der Waals surface area (Å²) in [6.45, 7) is 7.32. The smallest absolute Gasteiger partial charge is 0.416 e. The molecule has 2 rings (SSSR count). The van der Waals surface area contributed by atoms with Crippen molar-refractivity contribution in [1.29, 1.82) is 0 Å². The monoisotopic (exact) mass is 534 g/mol. The third kappa shape index (κ3) is 16.4. The van der Waals surface area contributed by atoms with Gasteiger partial charge in [0.15, 0.2) is 0 Å². The Hall–Kier alpha value is -3.91. The number of piperazine rings is 1. The molecule has 206 valence electrons. The number of carboxylic acids is 4. The highest BCUT2D eigenvalue weighted by Gasteiger charge is 2.31. The van der Waals surface area contributed by atoms with E-state index in [1.807, 2.05) is 6.92 Å². The van der Waals surface area contributed by atoms with Crippen molar-refractivity contribution >= 4 is 23.9 Å². The number of carboxylic acid groups (broad SMARTS) is 4. The number of rotatable bonds is 8. The average Bonchev–Trinajstić information content (AvgIpc) is 2.78. The number of hydrogen-bond donors (Lipinski definition) is 5. The van der Waals surface area contributed by atoms with Crippen molar-refractivity contribution in [3.05, 3.63) is 53.6 Å². The molecule has 1 heterocycles. The third-order valence-electron chi connectivity index (χ3n) is 4.27. The van der Waals surface area contributed by atoms with Gasteiger partial charge in [-0.15, -0.1) is 0 Å². The van der Waals surface area contributed by atoms with Crippen molar-refractivity contribution in [2.24, 2.45) is 0 Å². The first kappa shape index (κ1) is 33.1. The number of nitrogens with one attached hydrogen (secondary N) is 1. The van der Waals surface area contributed by atoms with E-state index in [-0.39, 0.29) is 0 Å². The Morgan fingerprint density at radius 3 is 1.86 bits per heavy atom. The van der Waals surface area contributed by atoms with E-state index in [1.165, 1.54) is 12.1 Å². The first-order valence-corrected chi connectivity index (χ1v) is 10.7. The van der Waals surface area contributed by atoms with Gasteiger partial charge in [0.2, 0.25) is 0 Å². The molecule has 0 saturated carbocycles. The van der Waals surface area contributed by atoms with Crippen LogP contribution in [0.5, 0.6) is 5.75 Å². The molecule has 14 heteroatoms. The summed E-state index contributed by atoms with van der Waals surface area (Å²) >= 11 is 0. The van der Waals surface area contributed by atoms with Crippen molar-refractivity contribution < 1.29 is 57.5 Å². The van der Waals surface area contributed by atoms with E-state index in [2.05, 4.69) is 17.1 Å². The van der Waals surface area contributed by atoms with Gasteiger partial charge in [0.1, 0.15) is 5.75 Å². The highest BCUT2D eigenvalue weighted by molar-refractivity contribution is 5.90. The lowest BCUT2D eigenvalue weighted by atomic mass is 10.1. The van der Waals surface area contributed by atoms with Crippen LogP contribution in [0.1, 0.15) is 25.0 Å². The van der Waals surface area contributed by atoms with Crippen molar-refractivity contribution in [3.63, 3.8) is 0 Å². The molecule has 37 heavy (non-hydrogen) atoms. The largest absolute Gasteiger partial charge is 0.494 e. The van der Waals surface area contributed by atoms with Gasteiger partial charge in [0, 0.05) is 62.1 Å². The summed E-state index contributed by atoms with van der Waals surface area (Å²) in [6, 6.07) is 4.06. The standard InChI is InChI=1S/C15H21F3N2O.2C4H4O4/c1-3-21-14-5-4-13(15(16,17)18)8-12(14)10-20-7-6-19-11(2)9-20;2*5-3(6)1-2-4(7)8/h4-5,8,11,19H,3,6-7,9-10H2,1-2H3;2*1-2H,(H,5,6)(H,7,8)/b;2*2-1+/t11-;;/m0../s1. The molecule has 1 aliphatic heterocycles. The van der Waals surface area contributed by atoms with Gasteiger partial charge >= 0.3 is 30.1 Å². The molecule has 5 N–H and O–H groups in total. The van der Waals surface area contributed by atoms with E-state index in [1.54, 1.807) is 0 Å². The molecule has 1 fully saturated rings. The number of aliphatic carboxylic acids is 4. The zero-order valence-corrected chi connectivity index (χ0v) is 20.1. The Kier molecular flexibility index (Phi) is 14.9. The molecule has 0 unspecified atom stereocenters. The maximum atomic E-state index is 12.9. The zero-order chi connectivity index (χ0) is 28.6. The molecule has 1 aliphatic rings. The minimum absolute atomic E-state index is 0.347. The minimum Gasteiger partial charge on any atom is -0.494 e. The van der Waals surface area contributed by atoms with Gasteiger partial charge < -0.3 is 30.5 Å². The molecule has 1 saturated heterocycles. The molecule has 0 aromatic heterocycles.